The zero-order chi connectivity index (χ0) is 16.0. The van der Waals surface area contributed by atoms with E-state index in [9.17, 15) is 9.90 Å². The van der Waals surface area contributed by atoms with Gasteiger partial charge >= 0.3 is 5.97 Å². The Morgan fingerprint density at radius 3 is 2.87 bits per heavy atom. The van der Waals surface area contributed by atoms with Crippen molar-refractivity contribution in [3.05, 3.63) is 27.2 Å². The van der Waals surface area contributed by atoms with Crippen LogP contribution < -0.4 is 4.90 Å². The summed E-state index contributed by atoms with van der Waals surface area (Å²) in [5.74, 6) is -0.0354. The zero-order valence-electron chi connectivity index (χ0n) is 12.7. The maximum Gasteiger partial charge on any atom is 0.345 e. The standard InChI is InChI=1S/C15H17N3O3S2/c1-9-16-14(23-17-9)18-5-3-15(4-6-18)10-8-12(13(19)20)22-11(10)2-7-21-15/h8H,2-7H2,1H3,(H,19,20). The number of carboxylic acids is 1. The van der Waals surface area contributed by atoms with Gasteiger partial charge in [-0.3, -0.25) is 0 Å². The molecule has 23 heavy (non-hydrogen) atoms. The molecule has 4 heterocycles. The van der Waals surface area contributed by atoms with Crippen LogP contribution in [-0.4, -0.2) is 40.1 Å². The SMILES string of the molecule is Cc1nsc(N2CCC3(CC2)OCCc2sc(C(=O)O)cc23)n1. The molecule has 0 bridgehead atoms. The average Bonchev–Trinajstić information content (AvgIpc) is 3.15. The predicted octanol–water partition coefficient (Wildman–Crippen LogP) is 2.67. The molecule has 1 spiro atoms. The van der Waals surface area contributed by atoms with E-state index in [4.69, 9.17) is 4.74 Å². The van der Waals surface area contributed by atoms with Crippen LogP contribution in [0.25, 0.3) is 0 Å². The summed E-state index contributed by atoms with van der Waals surface area (Å²) in [6, 6.07) is 1.83. The van der Waals surface area contributed by atoms with E-state index in [1.165, 1.54) is 27.7 Å². The minimum atomic E-state index is -0.846. The van der Waals surface area contributed by atoms with Gasteiger partial charge in [-0.2, -0.15) is 4.37 Å². The molecule has 1 saturated heterocycles. The maximum atomic E-state index is 11.3. The fraction of sp³-hybridized carbons (Fsp3) is 0.533. The molecule has 0 amide bonds. The first kappa shape index (κ1) is 15.0. The molecule has 0 aliphatic carbocycles. The van der Waals surface area contributed by atoms with E-state index in [1.54, 1.807) is 0 Å². The minimum absolute atomic E-state index is 0.325. The Balaban J connectivity index is 1.58. The third-order valence-corrected chi connectivity index (χ3v) is 6.63. The van der Waals surface area contributed by atoms with Crippen molar-refractivity contribution in [1.82, 2.24) is 9.36 Å². The molecule has 2 aliphatic rings. The number of ether oxygens (including phenoxy) is 1. The molecule has 2 aromatic rings. The molecular formula is C15H17N3O3S2. The van der Waals surface area contributed by atoms with E-state index in [0.29, 0.717) is 11.5 Å². The third kappa shape index (κ3) is 2.54. The summed E-state index contributed by atoms with van der Waals surface area (Å²) in [7, 11) is 0. The number of hydrogen-bond donors (Lipinski definition) is 1. The van der Waals surface area contributed by atoms with E-state index in [2.05, 4.69) is 14.3 Å². The first-order valence-corrected chi connectivity index (χ1v) is 9.22. The summed E-state index contributed by atoms with van der Waals surface area (Å²) in [6.45, 7) is 4.28. The van der Waals surface area contributed by atoms with E-state index in [1.807, 2.05) is 13.0 Å². The molecule has 6 nitrogen and oxygen atoms in total. The molecule has 0 atom stereocenters. The molecule has 8 heteroatoms. The van der Waals surface area contributed by atoms with Crippen LogP contribution in [0.5, 0.6) is 0 Å². The Morgan fingerprint density at radius 1 is 1.43 bits per heavy atom. The van der Waals surface area contributed by atoms with Crippen molar-refractivity contribution in [2.24, 2.45) is 0 Å². The number of anilines is 1. The quantitative estimate of drug-likeness (QED) is 0.896. The van der Waals surface area contributed by atoms with Gasteiger partial charge in [0.15, 0.2) is 0 Å². The van der Waals surface area contributed by atoms with E-state index >= 15 is 0 Å². The van der Waals surface area contributed by atoms with Crippen LogP contribution in [0.2, 0.25) is 0 Å². The molecule has 2 aliphatic heterocycles. The van der Waals surface area contributed by atoms with Gasteiger partial charge in [0.05, 0.1) is 12.2 Å². The number of aromatic nitrogens is 2. The summed E-state index contributed by atoms with van der Waals surface area (Å²) in [6.07, 6.45) is 2.52. The van der Waals surface area contributed by atoms with Crippen LogP contribution in [0.4, 0.5) is 5.13 Å². The highest BCUT2D eigenvalue weighted by atomic mass is 32.1. The Morgan fingerprint density at radius 2 is 2.22 bits per heavy atom. The van der Waals surface area contributed by atoms with Crippen LogP contribution in [-0.2, 0) is 16.8 Å². The normalized spacial score (nSPS) is 19.8. The first-order valence-electron chi connectivity index (χ1n) is 7.63. The number of nitrogens with zero attached hydrogens (tertiary/aromatic N) is 3. The van der Waals surface area contributed by atoms with Gasteiger partial charge in [0.2, 0.25) is 5.13 Å². The Bertz CT molecular complexity index is 747. The molecule has 4 rings (SSSR count). The van der Waals surface area contributed by atoms with Crippen LogP contribution in [0.3, 0.4) is 0 Å². The van der Waals surface area contributed by atoms with Crippen molar-refractivity contribution in [3.63, 3.8) is 0 Å². The Labute approximate surface area is 141 Å². The van der Waals surface area contributed by atoms with Gasteiger partial charge < -0.3 is 14.7 Å². The second-order valence-corrected chi connectivity index (χ2v) is 7.82. The number of carbonyl (C=O) groups is 1. The van der Waals surface area contributed by atoms with Gasteiger partial charge in [-0.05, 0) is 31.4 Å². The Kier molecular flexibility index (Phi) is 3.62. The fourth-order valence-corrected chi connectivity index (χ4v) is 5.21. The highest BCUT2D eigenvalue weighted by molar-refractivity contribution is 7.14. The Hall–Kier alpha value is -1.51. The van der Waals surface area contributed by atoms with Crippen molar-refractivity contribution in [2.45, 2.75) is 31.8 Å². The van der Waals surface area contributed by atoms with E-state index < -0.39 is 5.97 Å². The van der Waals surface area contributed by atoms with Gasteiger partial charge in [-0.25, -0.2) is 9.78 Å². The highest BCUT2D eigenvalue weighted by Crippen LogP contribution is 2.45. The van der Waals surface area contributed by atoms with Crippen molar-refractivity contribution < 1.29 is 14.6 Å². The monoisotopic (exact) mass is 351 g/mol. The molecule has 0 unspecified atom stereocenters. The van der Waals surface area contributed by atoms with Gasteiger partial charge in [0.1, 0.15) is 10.7 Å². The molecule has 0 saturated carbocycles. The van der Waals surface area contributed by atoms with Gasteiger partial charge in [0.25, 0.3) is 0 Å². The maximum absolute atomic E-state index is 11.3. The van der Waals surface area contributed by atoms with Crippen LogP contribution in [0.1, 0.15) is 38.8 Å². The van der Waals surface area contributed by atoms with E-state index in [0.717, 1.165) is 48.9 Å². The topological polar surface area (TPSA) is 75.6 Å². The molecule has 1 N–H and O–H groups in total. The molecule has 2 aromatic heterocycles. The number of carboxylic acid groups (broad SMARTS) is 1. The predicted molar refractivity (Wildman–Crippen MR) is 88.7 cm³/mol. The van der Waals surface area contributed by atoms with Gasteiger partial charge in [-0.15, -0.1) is 11.3 Å². The largest absolute Gasteiger partial charge is 0.477 e. The molecule has 0 radical (unpaired) electrons. The van der Waals surface area contributed by atoms with Gasteiger partial charge in [-0.1, -0.05) is 0 Å². The number of aromatic carboxylic acids is 1. The third-order valence-electron chi connectivity index (χ3n) is 4.58. The lowest BCUT2D eigenvalue weighted by molar-refractivity contribution is -0.0756. The molecule has 122 valence electrons. The summed E-state index contributed by atoms with van der Waals surface area (Å²) < 4.78 is 10.4. The zero-order valence-corrected chi connectivity index (χ0v) is 14.4. The summed E-state index contributed by atoms with van der Waals surface area (Å²) in [5, 5.41) is 10.2. The van der Waals surface area contributed by atoms with Crippen LogP contribution in [0, 0.1) is 6.92 Å². The summed E-state index contributed by atoms with van der Waals surface area (Å²) in [4.78, 5) is 19.6. The number of hydrogen-bond acceptors (Lipinski definition) is 7. The average molecular weight is 351 g/mol. The molecule has 0 aromatic carbocycles. The lowest BCUT2D eigenvalue weighted by atomic mass is 9.82. The van der Waals surface area contributed by atoms with E-state index in [-0.39, 0.29) is 5.60 Å². The number of thiophene rings is 1. The minimum Gasteiger partial charge on any atom is -0.477 e. The van der Waals surface area contributed by atoms with Crippen molar-refractivity contribution >= 4 is 34.0 Å². The van der Waals surface area contributed by atoms with Crippen molar-refractivity contribution in [2.75, 3.05) is 24.6 Å². The van der Waals surface area contributed by atoms with Crippen LogP contribution >= 0.6 is 22.9 Å². The fourth-order valence-electron chi connectivity index (χ4n) is 3.41. The lowest BCUT2D eigenvalue weighted by Gasteiger charge is -2.43. The highest BCUT2D eigenvalue weighted by Gasteiger charge is 2.42. The second kappa shape index (κ2) is 5.54. The number of aryl methyl sites for hydroxylation is 1. The first-order chi connectivity index (χ1) is 11.1. The second-order valence-electron chi connectivity index (χ2n) is 5.96. The number of piperidine rings is 1. The van der Waals surface area contributed by atoms with Crippen molar-refractivity contribution in [1.29, 1.82) is 0 Å². The summed E-state index contributed by atoms with van der Waals surface area (Å²) in [5.41, 5.74) is 0.771. The number of fused-ring (bicyclic) bond motifs is 2. The van der Waals surface area contributed by atoms with Crippen LogP contribution in [0.15, 0.2) is 6.07 Å². The van der Waals surface area contributed by atoms with Gasteiger partial charge in [0, 0.05) is 35.9 Å². The lowest BCUT2D eigenvalue weighted by Crippen LogP contribution is -2.46. The smallest absolute Gasteiger partial charge is 0.345 e. The molecular weight excluding hydrogens is 334 g/mol. The molecule has 1 fully saturated rings. The van der Waals surface area contributed by atoms with Crippen molar-refractivity contribution in [3.8, 4) is 0 Å². The number of rotatable bonds is 2. The summed E-state index contributed by atoms with van der Waals surface area (Å²) >= 11 is 2.83.